The lowest BCUT2D eigenvalue weighted by atomic mass is 9.98. The van der Waals surface area contributed by atoms with Crippen LogP contribution in [0.25, 0.3) is 0 Å². The summed E-state index contributed by atoms with van der Waals surface area (Å²) in [6, 6.07) is 6.84. The van der Waals surface area contributed by atoms with E-state index < -0.39 is 0 Å². The number of rotatable bonds is 5. The summed E-state index contributed by atoms with van der Waals surface area (Å²) >= 11 is 0. The molecular formula is C17H29ClN2O. The minimum absolute atomic E-state index is 0. The van der Waals surface area contributed by atoms with Crippen molar-refractivity contribution in [2.75, 3.05) is 26.2 Å². The fraction of sp³-hybridized carbons (Fsp3) is 0.647. The van der Waals surface area contributed by atoms with E-state index in [1.54, 1.807) is 0 Å². The Morgan fingerprint density at radius 3 is 2.52 bits per heavy atom. The van der Waals surface area contributed by atoms with Crippen LogP contribution in [0.15, 0.2) is 18.2 Å². The molecule has 1 aliphatic rings. The minimum Gasteiger partial charge on any atom is -0.492 e. The Hall–Kier alpha value is -0.770. The zero-order chi connectivity index (χ0) is 14.5. The van der Waals surface area contributed by atoms with Crippen LogP contribution in [0.2, 0.25) is 0 Å². The molecule has 0 unspecified atom stereocenters. The normalized spacial score (nSPS) is 16.8. The number of halogens is 1. The maximum Gasteiger partial charge on any atom is 0.119 e. The minimum atomic E-state index is 0. The molecule has 0 atom stereocenters. The van der Waals surface area contributed by atoms with Crippen molar-refractivity contribution in [1.82, 2.24) is 4.90 Å². The van der Waals surface area contributed by atoms with Gasteiger partial charge in [-0.2, -0.15) is 0 Å². The maximum atomic E-state index is 5.91. The van der Waals surface area contributed by atoms with Gasteiger partial charge >= 0.3 is 0 Å². The molecule has 3 nitrogen and oxygen atoms in total. The molecule has 1 aromatic carbocycles. The molecule has 2 N–H and O–H groups in total. The van der Waals surface area contributed by atoms with Crippen molar-refractivity contribution >= 4 is 12.4 Å². The second kappa shape index (κ2) is 8.62. The molecule has 21 heavy (non-hydrogen) atoms. The van der Waals surface area contributed by atoms with Crippen molar-refractivity contribution in [3.8, 4) is 5.75 Å². The maximum absolute atomic E-state index is 5.91. The summed E-state index contributed by atoms with van der Waals surface area (Å²) in [7, 11) is 0. The Bertz CT molecular complexity index is 429. The first-order chi connectivity index (χ1) is 9.56. The van der Waals surface area contributed by atoms with E-state index >= 15 is 0 Å². The van der Waals surface area contributed by atoms with Gasteiger partial charge in [0.1, 0.15) is 12.4 Å². The molecule has 0 saturated carbocycles. The predicted molar refractivity (Wildman–Crippen MR) is 91.7 cm³/mol. The quantitative estimate of drug-likeness (QED) is 0.906. The fourth-order valence-electron chi connectivity index (χ4n) is 2.85. The number of nitrogens with zero attached hydrogens (tertiary/aromatic N) is 1. The molecule has 1 aliphatic heterocycles. The van der Waals surface area contributed by atoms with Crippen molar-refractivity contribution < 1.29 is 4.74 Å². The lowest BCUT2D eigenvalue weighted by molar-refractivity contribution is 0.174. The van der Waals surface area contributed by atoms with Crippen LogP contribution in [0.1, 0.15) is 43.7 Å². The van der Waals surface area contributed by atoms with Crippen LogP contribution in [0.4, 0.5) is 0 Å². The Morgan fingerprint density at radius 2 is 1.95 bits per heavy atom. The molecule has 0 radical (unpaired) electrons. The summed E-state index contributed by atoms with van der Waals surface area (Å²) in [5.41, 5.74) is 8.64. The van der Waals surface area contributed by atoms with Gasteiger partial charge in [-0.05, 0) is 62.0 Å². The van der Waals surface area contributed by atoms with Gasteiger partial charge in [-0.25, -0.2) is 0 Å². The molecule has 1 saturated heterocycles. The number of likely N-dealkylation sites (tertiary alicyclic amines) is 1. The number of piperidine rings is 1. The molecular weight excluding hydrogens is 284 g/mol. The van der Waals surface area contributed by atoms with Gasteiger partial charge in [-0.3, -0.25) is 4.90 Å². The van der Waals surface area contributed by atoms with E-state index in [2.05, 4.69) is 43.9 Å². The van der Waals surface area contributed by atoms with Gasteiger partial charge in [0, 0.05) is 12.6 Å². The average molecular weight is 313 g/mol. The monoisotopic (exact) mass is 312 g/mol. The van der Waals surface area contributed by atoms with Crippen molar-refractivity contribution in [1.29, 1.82) is 0 Å². The van der Waals surface area contributed by atoms with Crippen molar-refractivity contribution in [3.05, 3.63) is 29.3 Å². The van der Waals surface area contributed by atoms with Crippen LogP contribution in [0, 0.1) is 6.92 Å². The standard InChI is InChI=1S/C17H28N2O.ClH/c1-13(2)17-5-4-16(12-14(17)3)20-11-10-19-8-6-15(18)7-9-19;/h4-5,12-13,15H,6-11,18H2,1-3H3;1H. The first-order valence-electron chi connectivity index (χ1n) is 7.77. The summed E-state index contributed by atoms with van der Waals surface area (Å²) in [5.74, 6) is 1.56. The van der Waals surface area contributed by atoms with Crippen molar-refractivity contribution in [2.24, 2.45) is 5.73 Å². The molecule has 0 spiro atoms. The average Bonchev–Trinajstić information content (AvgIpc) is 2.41. The largest absolute Gasteiger partial charge is 0.492 e. The van der Waals surface area contributed by atoms with Gasteiger partial charge < -0.3 is 10.5 Å². The van der Waals surface area contributed by atoms with E-state index in [1.807, 2.05) is 0 Å². The smallest absolute Gasteiger partial charge is 0.119 e. The van der Waals surface area contributed by atoms with Gasteiger partial charge in [-0.1, -0.05) is 19.9 Å². The highest BCUT2D eigenvalue weighted by molar-refractivity contribution is 5.85. The number of benzene rings is 1. The summed E-state index contributed by atoms with van der Waals surface area (Å²) in [5, 5.41) is 0. The van der Waals surface area contributed by atoms with E-state index in [0.29, 0.717) is 12.0 Å². The third-order valence-corrected chi connectivity index (χ3v) is 4.17. The van der Waals surface area contributed by atoms with Crippen LogP contribution >= 0.6 is 12.4 Å². The lowest BCUT2D eigenvalue weighted by Gasteiger charge is -2.29. The van der Waals surface area contributed by atoms with Crippen LogP contribution in [-0.2, 0) is 0 Å². The van der Waals surface area contributed by atoms with Crippen LogP contribution < -0.4 is 10.5 Å². The van der Waals surface area contributed by atoms with E-state index in [4.69, 9.17) is 10.5 Å². The highest BCUT2D eigenvalue weighted by atomic mass is 35.5. The van der Waals surface area contributed by atoms with Crippen LogP contribution in [-0.4, -0.2) is 37.2 Å². The number of nitrogens with two attached hydrogens (primary N) is 1. The molecule has 1 aromatic rings. The Morgan fingerprint density at radius 1 is 1.29 bits per heavy atom. The third kappa shape index (κ3) is 5.50. The van der Waals surface area contributed by atoms with Gasteiger partial charge in [0.05, 0.1) is 0 Å². The Balaban J connectivity index is 0.00000220. The van der Waals surface area contributed by atoms with Crippen molar-refractivity contribution in [2.45, 2.75) is 45.6 Å². The van der Waals surface area contributed by atoms with Gasteiger partial charge in [-0.15, -0.1) is 12.4 Å². The molecule has 0 bridgehead atoms. The number of hydrogen-bond donors (Lipinski definition) is 1. The lowest BCUT2D eigenvalue weighted by Crippen LogP contribution is -2.41. The van der Waals surface area contributed by atoms with Gasteiger partial charge in [0.25, 0.3) is 0 Å². The second-order valence-corrected chi connectivity index (χ2v) is 6.20. The van der Waals surface area contributed by atoms with Gasteiger partial charge in [0.2, 0.25) is 0 Å². The molecule has 120 valence electrons. The second-order valence-electron chi connectivity index (χ2n) is 6.20. The zero-order valence-electron chi connectivity index (χ0n) is 13.5. The van der Waals surface area contributed by atoms with Crippen LogP contribution in [0.5, 0.6) is 5.75 Å². The summed E-state index contributed by atoms with van der Waals surface area (Å²) in [6.07, 6.45) is 2.23. The Labute approximate surface area is 135 Å². The molecule has 1 fully saturated rings. The first-order valence-corrected chi connectivity index (χ1v) is 7.77. The third-order valence-electron chi connectivity index (χ3n) is 4.17. The van der Waals surface area contributed by atoms with Crippen molar-refractivity contribution in [3.63, 3.8) is 0 Å². The highest BCUT2D eigenvalue weighted by Gasteiger charge is 2.15. The zero-order valence-corrected chi connectivity index (χ0v) is 14.3. The predicted octanol–water partition coefficient (Wildman–Crippen LogP) is 3.34. The molecule has 0 aromatic heterocycles. The fourth-order valence-corrected chi connectivity index (χ4v) is 2.85. The number of aryl methyl sites for hydroxylation is 1. The summed E-state index contributed by atoms with van der Waals surface area (Å²) in [6.45, 7) is 10.6. The number of hydrogen-bond acceptors (Lipinski definition) is 3. The Kier molecular flexibility index (Phi) is 7.50. The molecule has 4 heteroatoms. The van der Waals surface area contributed by atoms with E-state index in [-0.39, 0.29) is 12.4 Å². The van der Waals surface area contributed by atoms with Gasteiger partial charge in [0.15, 0.2) is 0 Å². The molecule has 2 rings (SSSR count). The van der Waals surface area contributed by atoms with E-state index in [9.17, 15) is 0 Å². The summed E-state index contributed by atoms with van der Waals surface area (Å²) in [4.78, 5) is 2.44. The topological polar surface area (TPSA) is 38.5 Å². The SMILES string of the molecule is Cc1cc(OCCN2CCC(N)CC2)ccc1C(C)C.Cl. The summed E-state index contributed by atoms with van der Waals surface area (Å²) < 4.78 is 5.88. The molecule has 1 heterocycles. The molecule has 0 aliphatic carbocycles. The van der Waals surface area contributed by atoms with E-state index in [0.717, 1.165) is 44.8 Å². The van der Waals surface area contributed by atoms with Crippen LogP contribution in [0.3, 0.4) is 0 Å². The number of ether oxygens (including phenoxy) is 1. The first kappa shape index (κ1) is 18.3. The molecule has 0 amide bonds. The highest BCUT2D eigenvalue weighted by Crippen LogP contribution is 2.23. The van der Waals surface area contributed by atoms with E-state index in [1.165, 1.54) is 11.1 Å².